The van der Waals surface area contributed by atoms with Gasteiger partial charge in [0.05, 0.1) is 6.61 Å². The zero-order valence-electron chi connectivity index (χ0n) is 18.1. The van der Waals surface area contributed by atoms with E-state index in [1.807, 2.05) is 19.1 Å². The Labute approximate surface area is 196 Å². The summed E-state index contributed by atoms with van der Waals surface area (Å²) in [4.78, 5) is 4.76. The Morgan fingerprint density at radius 1 is 1.28 bits per heavy atom. The van der Waals surface area contributed by atoms with E-state index in [1.54, 1.807) is 0 Å². The molecule has 2 N–H and O–H groups in total. The molecule has 29 heavy (non-hydrogen) atoms. The summed E-state index contributed by atoms with van der Waals surface area (Å²) < 4.78 is 17.9. The average molecular weight is 536 g/mol. The second-order valence-electron chi connectivity index (χ2n) is 7.31. The Balaban J connectivity index is 0.00000420. The van der Waals surface area contributed by atoms with Crippen molar-refractivity contribution in [3.8, 4) is 5.75 Å². The van der Waals surface area contributed by atoms with Crippen molar-refractivity contribution >= 4 is 40.7 Å². The lowest BCUT2D eigenvalue weighted by atomic mass is 9.95. The smallest absolute Gasteiger partial charge is 0.191 e. The zero-order chi connectivity index (χ0) is 20.2. The number of hydrogen-bond acceptors (Lipinski definition) is 3. The fraction of sp³-hybridized carbons (Fsp3) is 0.682. The highest BCUT2D eigenvalue weighted by atomic mass is 127. The van der Waals surface area contributed by atoms with E-state index in [1.165, 1.54) is 5.56 Å². The molecular weight excluding hydrogens is 497 g/mol. The van der Waals surface area contributed by atoms with E-state index in [0.717, 1.165) is 75.7 Å². The maximum absolute atomic E-state index is 12.2. The van der Waals surface area contributed by atoms with Gasteiger partial charge in [-0.15, -0.1) is 24.0 Å². The zero-order valence-corrected chi connectivity index (χ0v) is 21.3. The lowest BCUT2D eigenvalue weighted by Crippen LogP contribution is -2.46. The third kappa shape index (κ3) is 9.68. The first-order valence-electron chi connectivity index (χ1n) is 10.8. The van der Waals surface area contributed by atoms with Crippen LogP contribution in [0.4, 0.5) is 0 Å². The van der Waals surface area contributed by atoms with Crippen LogP contribution in [0.3, 0.4) is 0 Å². The third-order valence-corrected chi connectivity index (χ3v) is 6.75. The molecule has 0 heterocycles. The Hall–Kier alpha value is -0.830. The molecule has 1 aromatic rings. The monoisotopic (exact) mass is 535 g/mol. The number of hydrogen-bond donors (Lipinski definition) is 2. The maximum atomic E-state index is 12.2. The van der Waals surface area contributed by atoms with Crippen LogP contribution < -0.4 is 15.4 Å². The summed E-state index contributed by atoms with van der Waals surface area (Å²) >= 11 is 0. The number of halogens is 1. The quantitative estimate of drug-likeness (QED) is 0.267. The molecule has 166 valence electrons. The van der Waals surface area contributed by atoms with Gasteiger partial charge < -0.3 is 15.4 Å². The first-order chi connectivity index (χ1) is 13.7. The van der Waals surface area contributed by atoms with Gasteiger partial charge in [0.15, 0.2) is 5.96 Å². The van der Waals surface area contributed by atoms with Gasteiger partial charge >= 0.3 is 0 Å². The fourth-order valence-electron chi connectivity index (χ4n) is 3.57. The highest BCUT2D eigenvalue weighted by Crippen LogP contribution is 2.23. The molecule has 0 aromatic heterocycles. The molecule has 3 atom stereocenters. The predicted molar refractivity (Wildman–Crippen MR) is 135 cm³/mol. The second-order valence-corrected chi connectivity index (χ2v) is 9.31. The maximum Gasteiger partial charge on any atom is 0.191 e. The van der Waals surface area contributed by atoms with Gasteiger partial charge in [-0.05, 0) is 56.7 Å². The van der Waals surface area contributed by atoms with Gasteiger partial charge in [0.25, 0.3) is 0 Å². The van der Waals surface area contributed by atoms with Gasteiger partial charge in [-0.3, -0.25) is 9.20 Å². The fourth-order valence-corrected chi connectivity index (χ4v) is 4.92. The van der Waals surface area contributed by atoms with Crippen LogP contribution >= 0.6 is 24.0 Å². The summed E-state index contributed by atoms with van der Waals surface area (Å²) in [6.07, 6.45) is 6.22. The molecule has 0 amide bonds. The van der Waals surface area contributed by atoms with Crippen molar-refractivity contribution < 1.29 is 8.95 Å². The number of nitrogens with zero attached hydrogens (tertiary/aromatic N) is 1. The summed E-state index contributed by atoms with van der Waals surface area (Å²) in [5.41, 5.74) is 1.24. The lowest BCUT2D eigenvalue weighted by molar-refractivity contribution is 0.317. The van der Waals surface area contributed by atoms with E-state index in [-0.39, 0.29) is 24.0 Å². The Morgan fingerprint density at radius 2 is 2.10 bits per heavy atom. The molecule has 0 saturated heterocycles. The van der Waals surface area contributed by atoms with Crippen LogP contribution in [0.5, 0.6) is 5.75 Å². The molecule has 1 saturated carbocycles. The van der Waals surface area contributed by atoms with Crippen molar-refractivity contribution in [1.82, 2.24) is 10.6 Å². The molecule has 1 aliphatic carbocycles. The number of nitrogens with one attached hydrogen (secondary N) is 2. The molecule has 0 aliphatic heterocycles. The van der Waals surface area contributed by atoms with E-state index in [0.29, 0.717) is 11.3 Å². The van der Waals surface area contributed by atoms with Crippen molar-refractivity contribution in [3.63, 3.8) is 0 Å². The molecule has 0 spiro atoms. The number of aliphatic imine (C=N–C) groups is 1. The van der Waals surface area contributed by atoms with Crippen LogP contribution in [0, 0.1) is 0 Å². The van der Waals surface area contributed by atoms with Crippen molar-refractivity contribution in [2.45, 2.75) is 70.6 Å². The van der Waals surface area contributed by atoms with Crippen LogP contribution in [-0.2, 0) is 17.2 Å². The molecule has 5 nitrogen and oxygen atoms in total. The van der Waals surface area contributed by atoms with Gasteiger partial charge in [0.1, 0.15) is 5.75 Å². The topological polar surface area (TPSA) is 62.7 Å². The summed E-state index contributed by atoms with van der Waals surface area (Å²) in [5, 5.41) is 7.25. The van der Waals surface area contributed by atoms with Crippen LogP contribution in [-0.4, -0.2) is 46.9 Å². The Morgan fingerprint density at radius 3 is 2.83 bits per heavy atom. The third-order valence-electron chi connectivity index (χ3n) is 5.01. The Bertz CT molecular complexity index is 642. The number of ether oxygens (including phenoxy) is 1. The Kier molecular flexibility index (Phi) is 13.6. The van der Waals surface area contributed by atoms with Gasteiger partial charge in [-0.25, -0.2) is 0 Å². The molecule has 3 unspecified atom stereocenters. The predicted octanol–water partition coefficient (Wildman–Crippen LogP) is 4.27. The van der Waals surface area contributed by atoms with Crippen LogP contribution in [0.2, 0.25) is 0 Å². The van der Waals surface area contributed by atoms with Gasteiger partial charge in [-0.1, -0.05) is 32.4 Å². The number of guanidine groups is 1. The van der Waals surface area contributed by atoms with E-state index < -0.39 is 10.8 Å². The highest BCUT2D eigenvalue weighted by Gasteiger charge is 2.25. The van der Waals surface area contributed by atoms with E-state index in [2.05, 4.69) is 36.6 Å². The van der Waals surface area contributed by atoms with Crippen molar-refractivity contribution in [2.24, 2.45) is 4.99 Å². The first-order valence-corrected chi connectivity index (χ1v) is 12.2. The van der Waals surface area contributed by atoms with Gasteiger partial charge in [0, 0.05) is 40.9 Å². The van der Waals surface area contributed by atoms with Crippen LogP contribution in [0.15, 0.2) is 29.3 Å². The van der Waals surface area contributed by atoms with E-state index in [4.69, 9.17) is 9.73 Å². The minimum Gasteiger partial charge on any atom is -0.494 e. The van der Waals surface area contributed by atoms with Crippen molar-refractivity contribution in [3.05, 3.63) is 29.8 Å². The second kappa shape index (κ2) is 15.0. The number of benzene rings is 1. The summed E-state index contributed by atoms with van der Waals surface area (Å²) in [5.74, 6) is 2.56. The average Bonchev–Trinajstić information content (AvgIpc) is 2.72. The molecule has 1 aliphatic rings. The van der Waals surface area contributed by atoms with E-state index >= 15 is 0 Å². The largest absolute Gasteiger partial charge is 0.494 e. The van der Waals surface area contributed by atoms with Crippen LogP contribution in [0.25, 0.3) is 0 Å². The van der Waals surface area contributed by atoms with E-state index in [9.17, 15) is 4.21 Å². The molecule has 2 rings (SSSR count). The lowest BCUT2D eigenvalue weighted by Gasteiger charge is -2.30. The SMILES string of the molecule is CCCOc1cccc(CCN=C(NCC)NC2CCCC(S(=O)CC)C2)c1.I. The van der Waals surface area contributed by atoms with Crippen LogP contribution in [0.1, 0.15) is 58.4 Å². The highest BCUT2D eigenvalue weighted by molar-refractivity contribution is 14.0. The summed E-state index contributed by atoms with van der Waals surface area (Å²) in [6, 6.07) is 8.65. The molecule has 1 fully saturated rings. The molecule has 7 heteroatoms. The summed E-state index contributed by atoms with van der Waals surface area (Å²) in [6.45, 7) is 8.53. The molecular formula is C22H38IN3O2S. The van der Waals surface area contributed by atoms with Crippen molar-refractivity contribution in [2.75, 3.05) is 25.4 Å². The molecule has 0 radical (unpaired) electrons. The standard InChI is InChI=1S/C22H37N3O2S.HI/c1-4-15-27-20-11-7-9-18(16-20)13-14-24-22(23-5-2)25-19-10-8-12-21(17-19)28(26)6-3;/h7,9,11,16,19,21H,4-6,8,10,12-15,17H2,1-3H3,(H2,23,24,25);1H. The molecule has 0 bridgehead atoms. The number of rotatable bonds is 10. The first kappa shape index (κ1) is 26.2. The van der Waals surface area contributed by atoms with Gasteiger partial charge in [0.2, 0.25) is 0 Å². The molecule has 1 aromatic carbocycles. The van der Waals surface area contributed by atoms with Gasteiger partial charge in [-0.2, -0.15) is 0 Å². The van der Waals surface area contributed by atoms with Crippen molar-refractivity contribution in [1.29, 1.82) is 0 Å². The minimum atomic E-state index is -0.700. The normalized spacial score (nSPS) is 20.4. The minimum absolute atomic E-state index is 0. The summed E-state index contributed by atoms with van der Waals surface area (Å²) in [7, 11) is -0.700.